The Morgan fingerprint density at radius 2 is 1.70 bits per heavy atom. The molecule has 0 saturated heterocycles. The Morgan fingerprint density at radius 3 is 2.30 bits per heavy atom. The molecule has 0 spiro atoms. The van der Waals surface area contributed by atoms with Crippen LogP contribution < -0.4 is 0 Å². The van der Waals surface area contributed by atoms with E-state index in [1.165, 1.54) is 24.8 Å². The molecule has 0 heterocycles. The van der Waals surface area contributed by atoms with Crippen LogP contribution in [0.2, 0.25) is 10.0 Å². The zero-order chi connectivity index (χ0) is 23.8. The number of nitriles is 1. The van der Waals surface area contributed by atoms with Crippen LogP contribution in [-0.4, -0.2) is 23.5 Å². The number of hydrogen-bond donors (Lipinski definition) is 0. The summed E-state index contributed by atoms with van der Waals surface area (Å²) in [4.78, 5) is 2.59. The maximum atomic E-state index is 10.6. The molecule has 2 aromatic carbocycles. The smallest absolute Gasteiger partial charge is 0.0851 e. The van der Waals surface area contributed by atoms with E-state index in [4.69, 9.17) is 23.2 Å². The number of rotatable bonds is 10. The van der Waals surface area contributed by atoms with Gasteiger partial charge in [0.05, 0.1) is 21.5 Å². The Bertz CT molecular complexity index is 915. The Hall–Kier alpha value is -1.53. The molecule has 1 aliphatic rings. The highest BCUT2D eigenvalue weighted by Gasteiger charge is 2.41. The van der Waals surface area contributed by atoms with E-state index in [0.29, 0.717) is 28.0 Å². The van der Waals surface area contributed by atoms with Crippen LogP contribution in [0.5, 0.6) is 0 Å². The van der Waals surface area contributed by atoms with Crippen LogP contribution in [0.3, 0.4) is 0 Å². The predicted octanol–water partition coefficient (Wildman–Crippen LogP) is 8.46. The highest BCUT2D eigenvalue weighted by atomic mass is 35.5. The van der Waals surface area contributed by atoms with Gasteiger partial charge < -0.3 is 0 Å². The summed E-state index contributed by atoms with van der Waals surface area (Å²) in [6, 6.07) is 20.2. The number of benzene rings is 2. The molecule has 2 unspecified atom stereocenters. The van der Waals surface area contributed by atoms with Gasteiger partial charge in [0.15, 0.2) is 0 Å². The maximum absolute atomic E-state index is 10.6. The van der Waals surface area contributed by atoms with Gasteiger partial charge in [-0.3, -0.25) is 4.90 Å². The van der Waals surface area contributed by atoms with Crippen LogP contribution in [-0.2, 0) is 11.8 Å². The van der Waals surface area contributed by atoms with E-state index in [1.54, 1.807) is 0 Å². The van der Waals surface area contributed by atoms with Crippen LogP contribution in [0.4, 0.5) is 0 Å². The van der Waals surface area contributed by atoms with Crippen molar-refractivity contribution in [2.45, 2.75) is 89.6 Å². The van der Waals surface area contributed by atoms with E-state index in [0.717, 1.165) is 44.2 Å². The van der Waals surface area contributed by atoms with Gasteiger partial charge in [-0.2, -0.15) is 5.26 Å². The highest BCUT2D eigenvalue weighted by molar-refractivity contribution is 6.42. The molecule has 0 N–H and O–H groups in total. The Balaban J connectivity index is 1.79. The minimum absolute atomic E-state index is 0.373. The molecule has 2 aromatic rings. The number of halogens is 2. The Morgan fingerprint density at radius 1 is 1.00 bits per heavy atom. The topological polar surface area (TPSA) is 27.0 Å². The molecule has 2 nitrogen and oxygen atoms in total. The average molecular weight is 486 g/mol. The fourth-order valence-corrected chi connectivity index (χ4v) is 5.96. The third-order valence-corrected chi connectivity index (χ3v) is 8.36. The van der Waals surface area contributed by atoms with Crippen molar-refractivity contribution in [3.8, 4) is 6.07 Å². The third kappa shape index (κ3) is 6.54. The number of nitrogens with zero attached hydrogens (tertiary/aromatic N) is 2. The second kappa shape index (κ2) is 12.3. The SMILES string of the molecule is CC(C)N(CCc1ccccc1)C(C)CCC(C#N)(c1ccc(Cl)c(Cl)c1)C1CCCCC1. The molecule has 33 heavy (non-hydrogen) atoms. The van der Waals surface area contributed by atoms with Crippen molar-refractivity contribution in [3.05, 3.63) is 69.7 Å². The van der Waals surface area contributed by atoms with Gasteiger partial charge in [-0.25, -0.2) is 0 Å². The molecule has 0 aromatic heterocycles. The predicted molar refractivity (Wildman–Crippen MR) is 141 cm³/mol. The summed E-state index contributed by atoms with van der Waals surface area (Å²) in [5, 5.41) is 11.7. The van der Waals surface area contributed by atoms with Crippen LogP contribution in [0.1, 0.15) is 76.8 Å². The third-order valence-electron chi connectivity index (χ3n) is 7.62. The average Bonchev–Trinajstić information content (AvgIpc) is 2.83. The van der Waals surface area contributed by atoms with Crippen LogP contribution >= 0.6 is 23.2 Å². The van der Waals surface area contributed by atoms with Gasteiger partial charge in [0.1, 0.15) is 0 Å². The van der Waals surface area contributed by atoms with Crippen LogP contribution in [0, 0.1) is 17.2 Å². The second-order valence-corrected chi connectivity index (χ2v) is 10.8. The number of hydrogen-bond acceptors (Lipinski definition) is 2. The Kier molecular flexibility index (Phi) is 9.69. The van der Waals surface area contributed by atoms with Crippen molar-refractivity contribution in [2.24, 2.45) is 5.92 Å². The zero-order valence-corrected chi connectivity index (χ0v) is 21.9. The molecule has 1 saturated carbocycles. The summed E-state index contributed by atoms with van der Waals surface area (Å²) < 4.78 is 0. The van der Waals surface area contributed by atoms with Crippen molar-refractivity contribution in [2.75, 3.05) is 6.54 Å². The van der Waals surface area contributed by atoms with Crippen molar-refractivity contribution < 1.29 is 0 Å². The van der Waals surface area contributed by atoms with Crippen molar-refractivity contribution >= 4 is 23.2 Å². The van der Waals surface area contributed by atoms with Crippen LogP contribution in [0.15, 0.2) is 48.5 Å². The van der Waals surface area contributed by atoms with Gasteiger partial charge in [0.2, 0.25) is 0 Å². The molecule has 0 aliphatic heterocycles. The molecule has 1 fully saturated rings. The lowest BCUT2D eigenvalue weighted by Gasteiger charge is -2.40. The fraction of sp³-hybridized carbons (Fsp3) is 0.552. The molecular formula is C29H38Cl2N2. The van der Waals surface area contributed by atoms with Gasteiger partial charge >= 0.3 is 0 Å². The normalized spacial score (nSPS) is 17.6. The standard InChI is InChI=1S/C29H38Cl2N2/c1-22(2)33(19-17-24-10-6-4-7-11-24)23(3)16-18-29(21-32,25-12-8-5-9-13-25)26-14-15-27(30)28(31)20-26/h4,6-7,10-11,14-15,20,22-23,25H,5,8-9,12-13,16-19H2,1-3H3. The van der Waals surface area contributed by atoms with E-state index < -0.39 is 5.41 Å². The summed E-state index contributed by atoms with van der Waals surface area (Å²) in [6.45, 7) is 7.90. The second-order valence-electron chi connectivity index (χ2n) is 10.0. The summed E-state index contributed by atoms with van der Waals surface area (Å²) >= 11 is 12.6. The van der Waals surface area contributed by atoms with Crippen molar-refractivity contribution in [3.63, 3.8) is 0 Å². The minimum atomic E-state index is -0.509. The lowest BCUT2D eigenvalue weighted by atomic mass is 9.63. The minimum Gasteiger partial charge on any atom is -0.298 e. The fourth-order valence-electron chi connectivity index (χ4n) is 5.66. The maximum Gasteiger partial charge on any atom is 0.0851 e. The molecule has 0 radical (unpaired) electrons. The molecule has 4 heteroatoms. The van der Waals surface area contributed by atoms with Gasteiger partial charge in [-0.15, -0.1) is 0 Å². The van der Waals surface area contributed by atoms with Gasteiger partial charge in [-0.05, 0) is 82.1 Å². The monoisotopic (exact) mass is 484 g/mol. The zero-order valence-electron chi connectivity index (χ0n) is 20.4. The molecular weight excluding hydrogens is 447 g/mol. The molecule has 2 atom stereocenters. The summed E-state index contributed by atoms with van der Waals surface area (Å²) in [5.41, 5.74) is 1.91. The van der Waals surface area contributed by atoms with Gasteiger partial charge in [0.25, 0.3) is 0 Å². The first-order valence-electron chi connectivity index (χ1n) is 12.5. The molecule has 1 aliphatic carbocycles. The van der Waals surface area contributed by atoms with E-state index in [9.17, 15) is 5.26 Å². The highest BCUT2D eigenvalue weighted by Crippen LogP contribution is 2.45. The molecule has 178 valence electrons. The summed E-state index contributed by atoms with van der Waals surface area (Å²) in [7, 11) is 0. The quantitative estimate of drug-likeness (QED) is 0.338. The first-order valence-corrected chi connectivity index (χ1v) is 13.3. The van der Waals surface area contributed by atoms with Crippen molar-refractivity contribution in [1.29, 1.82) is 5.26 Å². The van der Waals surface area contributed by atoms with E-state index in [-0.39, 0.29) is 0 Å². The lowest BCUT2D eigenvalue weighted by molar-refractivity contribution is 0.142. The first kappa shape index (κ1) is 26.1. The van der Waals surface area contributed by atoms with Gasteiger partial charge in [-0.1, -0.05) is 78.9 Å². The Labute approximate surface area is 210 Å². The van der Waals surface area contributed by atoms with E-state index in [1.807, 2.05) is 18.2 Å². The summed E-state index contributed by atoms with van der Waals surface area (Å²) in [5.74, 6) is 0.373. The molecule has 0 amide bonds. The van der Waals surface area contributed by atoms with E-state index >= 15 is 0 Å². The van der Waals surface area contributed by atoms with Crippen LogP contribution in [0.25, 0.3) is 0 Å². The largest absolute Gasteiger partial charge is 0.298 e. The molecule has 0 bridgehead atoms. The first-order chi connectivity index (χ1) is 15.9. The summed E-state index contributed by atoms with van der Waals surface area (Å²) in [6.07, 6.45) is 8.80. The van der Waals surface area contributed by atoms with Gasteiger partial charge in [0, 0.05) is 18.6 Å². The molecule has 3 rings (SSSR count). The van der Waals surface area contributed by atoms with E-state index in [2.05, 4.69) is 62.1 Å². The van der Waals surface area contributed by atoms with Crippen molar-refractivity contribution in [1.82, 2.24) is 4.90 Å². The lowest BCUT2D eigenvalue weighted by Crippen LogP contribution is -2.42.